The SMILES string of the molecule is Cc1cnn(-c2ccc(N3CCC(C4(CC(=O)O)CC4)CC3)nc2)c1NC(=O)OC(C)c1ccccc1. The summed E-state index contributed by atoms with van der Waals surface area (Å²) in [6.07, 6.45) is 6.86. The predicted octanol–water partition coefficient (Wildman–Crippen LogP) is 5.36. The molecule has 9 heteroatoms. The first-order valence-electron chi connectivity index (χ1n) is 12.8. The highest BCUT2D eigenvalue weighted by atomic mass is 16.6. The van der Waals surface area contributed by atoms with Gasteiger partial charge in [-0.15, -0.1) is 0 Å². The zero-order chi connectivity index (χ0) is 26.0. The summed E-state index contributed by atoms with van der Waals surface area (Å²) in [6.45, 7) is 5.46. The molecule has 1 aliphatic carbocycles. The Kier molecular flexibility index (Phi) is 6.86. The minimum Gasteiger partial charge on any atom is -0.481 e. The maximum atomic E-state index is 12.6. The normalized spacial score (nSPS) is 17.7. The lowest BCUT2D eigenvalue weighted by Gasteiger charge is -2.36. The molecule has 2 aromatic heterocycles. The Morgan fingerprint density at radius 3 is 2.49 bits per heavy atom. The number of nitrogens with zero attached hydrogens (tertiary/aromatic N) is 4. The summed E-state index contributed by atoms with van der Waals surface area (Å²) in [4.78, 5) is 30.8. The molecule has 1 saturated heterocycles. The molecule has 2 fully saturated rings. The third-order valence-corrected chi connectivity index (χ3v) is 7.78. The molecular weight excluding hydrogens is 470 g/mol. The van der Waals surface area contributed by atoms with Gasteiger partial charge in [-0.05, 0) is 68.6 Å². The van der Waals surface area contributed by atoms with E-state index in [0.717, 1.165) is 61.4 Å². The van der Waals surface area contributed by atoms with E-state index in [2.05, 4.69) is 20.3 Å². The van der Waals surface area contributed by atoms with E-state index in [9.17, 15) is 14.7 Å². The van der Waals surface area contributed by atoms with Gasteiger partial charge in [0.2, 0.25) is 0 Å². The number of ether oxygens (including phenoxy) is 1. The number of benzene rings is 1. The molecule has 194 valence electrons. The molecule has 1 atom stereocenters. The number of aromatic nitrogens is 3. The second-order valence-corrected chi connectivity index (χ2v) is 10.2. The minimum absolute atomic E-state index is 0.0244. The van der Waals surface area contributed by atoms with Gasteiger partial charge in [-0.2, -0.15) is 5.10 Å². The number of pyridine rings is 1. The molecule has 1 unspecified atom stereocenters. The van der Waals surface area contributed by atoms with Crippen molar-refractivity contribution in [2.45, 2.75) is 52.1 Å². The van der Waals surface area contributed by atoms with Gasteiger partial charge in [-0.25, -0.2) is 14.5 Å². The van der Waals surface area contributed by atoms with E-state index in [1.54, 1.807) is 17.1 Å². The average Bonchev–Trinajstić information content (AvgIpc) is 3.59. The number of hydrogen-bond acceptors (Lipinski definition) is 6. The van der Waals surface area contributed by atoms with Crippen molar-refractivity contribution in [3.63, 3.8) is 0 Å². The number of carbonyl (C=O) groups is 2. The number of anilines is 2. The topological polar surface area (TPSA) is 110 Å². The maximum absolute atomic E-state index is 12.6. The fourth-order valence-electron chi connectivity index (χ4n) is 5.46. The lowest BCUT2D eigenvalue weighted by atomic mass is 9.79. The quantitative estimate of drug-likeness (QED) is 0.426. The molecule has 9 nitrogen and oxygen atoms in total. The molecule has 1 aliphatic heterocycles. The Morgan fingerprint density at radius 1 is 1.14 bits per heavy atom. The van der Waals surface area contributed by atoms with Crippen LogP contribution in [-0.4, -0.2) is 45.0 Å². The largest absolute Gasteiger partial charge is 0.481 e. The first kappa shape index (κ1) is 24.8. The second kappa shape index (κ2) is 10.2. The molecule has 0 spiro atoms. The molecule has 37 heavy (non-hydrogen) atoms. The second-order valence-electron chi connectivity index (χ2n) is 10.2. The van der Waals surface area contributed by atoms with Crippen molar-refractivity contribution in [2.75, 3.05) is 23.3 Å². The summed E-state index contributed by atoms with van der Waals surface area (Å²) >= 11 is 0. The van der Waals surface area contributed by atoms with Crippen LogP contribution in [0.2, 0.25) is 0 Å². The summed E-state index contributed by atoms with van der Waals surface area (Å²) in [6, 6.07) is 13.5. The monoisotopic (exact) mass is 503 g/mol. The highest BCUT2D eigenvalue weighted by molar-refractivity contribution is 5.85. The third kappa shape index (κ3) is 5.45. The summed E-state index contributed by atoms with van der Waals surface area (Å²) in [5, 5.41) is 16.5. The number of piperidine rings is 1. The first-order chi connectivity index (χ1) is 17.8. The van der Waals surface area contributed by atoms with E-state index in [0.29, 0.717) is 18.2 Å². The van der Waals surface area contributed by atoms with Crippen LogP contribution in [0.4, 0.5) is 16.4 Å². The smallest absolute Gasteiger partial charge is 0.413 e. The molecule has 1 amide bonds. The van der Waals surface area contributed by atoms with Gasteiger partial charge in [-0.3, -0.25) is 10.1 Å². The zero-order valence-electron chi connectivity index (χ0n) is 21.3. The summed E-state index contributed by atoms with van der Waals surface area (Å²) in [5.74, 6) is 1.22. The summed E-state index contributed by atoms with van der Waals surface area (Å²) < 4.78 is 7.21. The van der Waals surface area contributed by atoms with Crippen LogP contribution in [0.3, 0.4) is 0 Å². The number of carboxylic acids is 1. The fraction of sp³-hybridized carbons (Fsp3) is 0.429. The van der Waals surface area contributed by atoms with Crippen LogP contribution in [0.25, 0.3) is 5.69 Å². The number of carbonyl (C=O) groups excluding carboxylic acids is 1. The summed E-state index contributed by atoms with van der Waals surface area (Å²) in [7, 11) is 0. The van der Waals surface area contributed by atoms with Crippen LogP contribution in [-0.2, 0) is 9.53 Å². The van der Waals surface area contributed by atoms with Crippen LogP contribution >= 0.6 is 0 Å². The van der Waals surface area contributed by atoms with Gasteiger partial charge in [0.15, 0.2) is 0 Å². The van der Waals surface area contributed by atoms with Crippen LogP contribution in [0, 0.1) is 18.3 Å². The van der Waals surface area contributed by atoms with Crippen molar-refractivity contribution in [2.24, 2.45) is 11.3 Å². The Balaban J connectivity index is 1.21. The molecule has 5 rings (SSSR count). The maximum Gasteiger partial charge on any atom is 0.413 e. The molecule has 3 aromatic rings. The zero-order valence-corrected chi connectivity index (χ0v) is 21.3. The molecular formula is C28H33N5O4. The van der Waals surface area contributed by atoms with Crippen molar-refractivity contribution in [1.29, 1.82) is 0 Å². The van der Waals surface area contributed by atoms with Gasteiger partial charge in [0.05, 0.1) is 24.5 Å². The molecule has 0 bridgehead atoms. The van der Waals surface area contributed by atoms with Crippen molar-refractivity contribution < 1.29 is 19.4 Å². The Bertz CT molecular complexity index is 1250. The van der Waals surface area contributed by atoms with E-state index in [1.807, 2.05) is 56.3 Å². The first-order valence-corrected chi connectivity index (χ1v) is 12.8. The van der Waals surface area contributed by atoms with Crippen molar-refractivity contribution in [3.05, 3.63) is 66.0 Å². The molecule has 1 aromatic carbocycles. The van der Waals surface area contributed by atoms with Gasteiger partial charge >= 0.3 is 12.1 Å². The Hall–Kier alpha value is -3.88. The van der Waals surface area contributed by atoms with E-state index >= 15 is 0 Å². The minimum atomic E-state index is -0.682. The molecule has 2 aliphatic rings. The Labute approximate surface area is 216 Å². The van der Waals surface area contributed by atoms with Crippen molar-refractivity contribution in [3.8, 4) is 5.69 Å². The highest BCUT2D eigenvalue weighted by Crippen LogP contribution is 2.57. The van der Waals surface area contributed by atoms with E-state index in [-0.39, 0.29) is 11.5 Å². The van der Waals surface area contributed by atoms with E-state index in [4.69, 9.17) is 4.74 Å². The molecule has 3 heterocycles. The van der Waals surface area contributed by atoms with Gasteiger partial charge in [0, 0.05) is 18.7 Å². The number of nitrogens with one attached hydrogen (secondary N) is 1. The molecule has 0 radical (unpaired) electrons. The average molecular weight is 504 g/mol. The van der Waals surface area contributed by atoms with Gasteiger partial charge in [0.1, 0.15) is 17.7 Å². The molecule has 2 N–H and O–H groups in total. The highest BCUT2D eigenvalue weighted by Gasteiger charge is 2.50. The van der Waals surface area contributed by atoms with E-state index in [1.165, 1.54) is 0 Å². The fourth-order valence-corrected chi connectivity index (χ4v) is 5.46. The molecule has 1 saturated carbocycles. The third-order valence-electron chi connectivity index (χ3n) is 7.78. The standard InChI is InChI=1S/C28H33N5O4/c1-19-17-30-33(26(19)31-27(36)37-20(2)21-6-4-3-5-7-21)23-8-9-24(29-18-23)32-14-10-22(11-15-32)28(12-13-28)16-25(34)35/h3-9,17-18,20,22H,10-16H2,1-2H3,(H,31,36)(H,34,35). The van der Waals surface area contributed by atoms with E-state index < -0.39 is 12.1 Å². The summed E-state index contributed by atoms with van der Waals surface area (Å²) in [5.41, 5.74) is 2.49. The Morgan fingerprint density at radius 2 is 1.86 bits per heavy atom. The number of aryl methyl sites for hydroxylation is 1. The van der Waals surface area contributed by atoms with Gasteiger partial charge in [-0.1, -0.05) is 30.3 Å². The number of hydrogen-bond donors (Lipinski definition) is 2. The number of aliphatic carboxylic acids is 1. The van der Waals surface area contributed by atoms with Crippen molar-refractivity contribution >= 4 is 23.7 Å². The van der Waals surface area contributed by atoms with Crippen molar-refractivity contribution in [1.82, 2.24) is 14.8 Å². The van der Waals surface area contributed by atoms with Gasteiger partial charge in [0.25, 0.3) is 0 Å². The number of carboxylic acid groups (broad SMARTS) is 1. The predicted molar refractivity (Wildman–Crippen MR) is 140 cm³/mol. The lowest BCUT2D eigenvalue weighted by Crippen LogP contribution is -2.37. The van der Waals surface area contributed by atoms with Crippen LogP contribution in [0.1, 0.15) is 56.3 Å². The van der Waals surface area contributed by atoms with Crippen LogP contribution in [0.15, 0.2) is 54.9 Å². The number of rotatable bonds is 8. The lowest BCUT2D eigenvalue weighted by molar-refractivity contribution is -0.139. The van der Waals surface area contributed by atoms with Crippen LogP contribution < -0.4 is 10.2 Å². The van der Waals surface area contributed by atoms with Crippen LogP contribution in [0.5, 0.6) is 0 Å². The number of amides is 1. The van der Waals surface area contributed by atoms with Gasteiger partial charge < -0.3 is 14.7 Å².